The van der Waals surface area contributed by atoms with Crippen LogP contribution in [-0.4, -0.2) is 46.2 Å². The molecular formula is C23H22F3N7O. The number of aromatic amines is 1. The molecule has 34 heavy (non-hydrogen) atoms. The number of H-pyrrole nitrogens is 1. The molecule has 2 aromatic heterocycles. The fourth-order valence-electron chi connectivity index (χ4n) is 3.76. The van der Waals surface area contributed by atoms with Gasteiger partial charge in [0.2, 0.25) is 11.9 Å². The number of ether oxygens (including phenoxy) is 1. The molecule has 176 valence electrons. The number of halogens is 3. The van der Waals surface area contributed by atoms with E-state index >= 15 is 0 Å². The van der Waals surface area contributed by atoms with Gasteiger partial charge < -0.3 is 25.3 Å². The van der Waals surface area contributed by atoms with Gasteiger partial charge in [-0.25, -0.2) is 0 Å². The monoisotopic (exact) mass is 469 g/mol. The summed E-state index contributed by atoms with van der Waals surface area (Å²) in [4.78, 5) is 18.9. The number of hydrogen-bond donors (Lipinski definition) is 3. The Morgan fingerprint density at radius 1 is 0.941 bits per heavy atom. The predicted molar refractivity (Wildman–Crippen MR) is 124 cm³/mol. The lowest BCUT2D eigenvalue weighted by Gasteiger charge is -2.28. The molecular weight excluding hydrogens is 447 g/mol. The standard InChI is InChI=1S/C23H22F3N7O/c1-14-4-2-6-16(12-14)27-22-31-19-18(20(32-22)33-8-10-34-11-9-33)29-21(30-19)28-17-7-3-5-15(13-17)23(24,25)26/h2-7,12-13H,8-11H2,1H3,(H3,27,28,29,30,31,32). The van der Waals surface area contributed by atoms with E-state index in [0.29, 0.717) is 49.2 Å². The molecule has 0 atom stereocenters. The Morgan fingerprint density at radius 2 is 1.68 bits per heavy atom. The molecule has 0 saturated carbocycles. The zero-order valence-electron chi connectivity index (χ0n) is 18.3. The normalized spacial score (nSPS) is 14.4. The summed E-state index contributed by atoms with van der Waals surface area (Å²) in [5.74, 6) is 1.29. The topological polar surface area (TPSA) is 91.0 Å². The maximum Gasteiger partial charge on any atom is 0.416 e. The van der Waals surface area contributed by atoms with Crippen molar-refractivity contribution in [2.24, 2.45) is 0 Å². The van der Waals surface area contributed by atoms with Crippen LogP contribution in [0.1, 0.15) is 11.1 Å². The lowest BCUT2D eigenvalue weighted by Crippen LogP contribution is -2.37. The van der Waals surface area contributed by atoms with Gasteiger partial charge >= 0.3 is 6.18 Å². The first-order valence-corrected chi connectivity index (χ1v) is 10.7. The molecule has 1 aliphatic rings. The van der Waals surface area contributed by atoms with E-state index in [4.69, 9.17) is 9.72 Å². The van der Waals surface area contributed by atoms with Crippen LogP contribution in [0, 0.1) is 6.92 Å². The molecule has 0 aliphatic carbocycles. The van der Waals surface area contributed by atoms with Gasteiger partial charge in [-0.3, -0.25) is 0 Å². The molecule has 0 unspecified atom stereocenters. The second-order valence-corrected chi connectivity index (χ2v) is 7.95. The van der Waals surface area contributed by atoms with Crippen LogP contribution in [0.25, 0.3) is 11.2 Å². The average molecular weight is 469 g/mol. The number of rotatable bonds is 5. The van der Waals surface area contributed by atoms with Gasteiger partial charge in [-0.2, -0.15) is 28.1 Å². The molecule has 1 aliphatic heterocycles. The highest BCUT2D eigenvalue weighted by molar-refractivity contribution is 5.87. The van der Waals surface area contributed by atoms with Gasteiger partial charge in [0, 0.05) is 24.5 Å². The number of fused-ring (bicyclic) bond motifs is 1. The third-order valence-corrected chi connectivity index (χ3v) is 5.37. The molecule has 11 heteroatoms. The molecule has 0 bridgehead atoms. The number of aromatic nitrogens is 4. The van der Waals surface area contributed by atoms with Crippen molar-refractivity contribution >= 4 is 40.3 Å². The smallest absolute Gasteiger partial charge is 0.378 e. The number of morpholine rings is 1. The molecule has 1 saturated heterocycles. The Balaban J connectivity index is 1.51. The van der Waals surface area contributed by atoms with Crippen molar-refractivity contribution in [2.75, 3.05) is 41.8 Å². The molecule has 0 spiro atoms. The number of benzene rings is 2. The SMILES string of the molecule is Cc1cccc(Nc2nc(N3CCOCC3)c3[nH]c(Nc4cccc(C(F)(F)F)c4)nc3n2)c1. The van der Waals surface area contributed by atoms with Crippen molar-refractivity contribution in [3.63, 3.8) is 0 Å². The zero-order valence-corrected chi connectivity index (χ0v) is 18.3. The Hall–Kier alpha value is -3.86. The van der Waals surface area contributed by atoms with Gasteiger partial charge in [-0.05, 0) is 42.8 Å². The highest BCUT2D eigenvalue weighted by Crippen LogP contribution is 2.32. The fourth-order valence-corrected chi connectivity index (χ4v) is 3.76. The number of imidazole rings is 1. The van der Waals surface area contributed by atoms with Crippen LogP contribution in [0.4, 0.5) is 42.3 Å². The Morgan fingerprint density at radius 3 is 2.41 bits per heavy atom. The number of nitrogens with one attached hydrogen (secondary N) is 3. The minimum absolute atomic E-state index is 0.257. The molecule has 4 aromatic rings. The predicted octanol–water partition coefficient (Wildman–Crippen LogP) is 5.00. The minimum Gasteiger partial charge on any atom is -0.378 e. The molecule has 3 N–H and O–H groups in total. The van der Waals surface area contributed by atoms with E-state index in [2.05, 4.69) is 30.5 Å². The minimum atomic E-state index is -4.43. The van der Waals surface area contributed by atoms with E-state index in [0.717, 1.165) is 23.4 Å². The molecule has 5 rings (SSSR count). The summed E-state index contributed by atoms with van der Waals surface area (Å²) in [6.45, 7) is 4.41. The summed E-state index contributed by atoms with van der Waals surface area (Å²) in [5.41, 5.74) is 2.42. The number of hydrogen-bond acceptors (Lipinski definition) is 7. The first kappa shape index (κ1) is 22.0. The van der Waals surface area contributed by atoms with Crippen LogP contribution < -0.4 is 15.5 Å². The Labute approximate surface area is 193 Å². The number of aryl methyl sites for hydroxylation is 1. The van der Waals surface area contributed by atoms with Crippen LogP contribution in [0.5, 0.6) is 0 Å². The van der Waals surface area contributed by atoms with E-state index in [1.807, 2.05) is 31.2 Å². The highest BCUT2D eigenvalue weighted by atomic mass is 19.4. The molecule has 2 aromatic carbocycles. The first-order valence-electron chi connectivity index (χ1n) is 10.7. The van der Waals surface area contributed by atoms with Gasteiger partial charge in [0.05, 0.1) is 18.8 Å². The lowest BCUT2D eigenvalue weighted by molar-refractivity contribution is -0.137. The molecule has 3 heterocycles. The summed E-state index contributed by atoms with van der Waals surface area (Å²) in [5, 5.41) is 6.13. The number of nitrogens with zero attached hydrogens (tertiary/aromatic N) is 4. The second-order valence-electron chi connectivity index (χ2n) is 7.95. The van der Waals surface area contributed by atoms with Crippen molar-refractivity contribution in [1.82, 2.24) is 19.9 Å². The third-order valence-electron chi connectivity index (χ3n) is 5.37. The Bertz CT molecular complexity index is 1320. The van der Waals surface area contributed by atoms with E-state index in [1.54, 1.807) is 6.07 Å². The van der Waals surface area contributed by atoms with Crippen LogP contribution >= 0.6 is 0 Å². The van der Waals surface area contributed by atoms with Crippen LogP contribution in [0.2, 0.25) is 0 Å². The molecule has 1 fully saturated rings. The van der Waals surface area contributed by atoms with Crippen LogP contribution in [-0.2, 0) is 10.9 Å². The van der Waals surface area contributed by atoms with E-state index in [1.165, 1.54) is 6.07 Å². The summed E-state index contributed by atoms with van der Waals surface area (Å²) in [6, 6.07) is 12.8. The second kappa shape index (κ2) is 8.82. The summed E-state index contributed by atoms with van der Waals surface area (Å²) in [7, 11) is 0. The van der Waals surface area contributed by atoms with E-state index in [-0.39, 0.29) is 11.6 Å². The fraction of sp³-hybridized carbons (Fsp3) is 0.261. The Kier molecular flexibility index (Phi) is 5.70. The summed E-state index contributed by atoms with van der Waals surface area (Å²) in [6.07, 6.45) is -4.43. The van der Waals surface area contributed by atoms with Crippen LogP contribution in [0.3, 0.4) is 0 Å². The maximum absolute atomic E-state index is 13.1. The average Bonchev–Trinajstić information content (AvgIpc) is 3.21. The van der Waals surface area contributed by atoms with E-state index < -0.39 is 11.7 Å². The first-order chi connectivity index (χ1) is 16.3. The summed E-state index contributed by atoms with van der Waals surface area (Å²) < 4.78 is 44.7. The van der Waals surface area contributed by atoms with Crippen LogP contribution in [0.15, 0.2) is 48.5 Å². The third kappa shape index (κ3) is 4.74. The highest BCUT2D eigenvalue weighted by Gasteiger charge is 2.30. The molecule has 8 nitrogen and oxygen atoms in total. The van der Waals surface area contributed by atoms with Gasteiger partial charge in [0.15, 0.2) is 11.5 Å². The van der Waals surface area contributed by atoms with Crippen molar-refractivity contribution < 1.29 is 17.9 Å². The largest absolute Gasteiger partial charge is 0.416 e. The number of anilines is 5. The number of alkyl halides is 3. The zero-order chi connectivity index (χ0) is 23.7. The van der Waals surface area contributed by atoms with Gasteiger partial charge in [0.25, 0.3) is 0 Å². The maximum atomic E-state index is 13.1. The summed E-state index contributed by atoms with van der Waals surface area (Å²) >= 11 is 0. The quantitative estimate of drug-likeness (QED) is 0.379. The molecule has 0 amide bonds. The van der Waals surface area contributed by atoms with Gasteiger partial charge in [0.1, 0.15) is 5.52 Å². The lowest BCUT2D eigenvalue weighted by atomic mass is 10.2. The van der Waals surface area contributed by atoms with Gasteiger partial charge in [-0.1, -0.05) is 18.2 Å². The van der Waals surface area contributed by atoms with Crippen molar-refractivity contribution in [2.45, 2.75) is 13.1 Å². The van der Waals surface area contributed by atoms with Crippen molar-refractivity contribution in [3.05, 3.63) is 59.7 Å². The van der Waals surface area contributed by atoms with Gasteiger partial charge in [-0.15, -0.1) is 0 Å². The molecule has 0 radical (unpaired) electrons. The van der Waals surface area contributed by atoms with Crippen molar-refractivity contribution in [3.8, 4) is 0 Å². The van der Waals surface area contributed by atoms with E-state index in [9.17, 15) is 13.2 Å². The van der Waals surface area contributed by atoms with Crippen molar-refractivity contribution in [1.29, 1.82) is 0 Å².